The van der Waals surface area contributed by atoms with Crippen molar-refractivity contribution in [3.8, 4) is 0 Å². The Morgan fingerprint density at radius 1 is 1.47 bits per heavy atom. The van der Waals surface area contributed by atoms with Crippen molar-refractivity contribution in [2.75, 3.05) is 46.1 Å². The molecule has 0 amide bonds. The highest BCUT2D eigenvalue weighted by atomic mass is 16.5. The molecule has 1 atom stereocenters. The zero-order valence-electron chi connectivity index (χ0n) is 9.65. The van der Waals surface area contributed by atoms with Gasteiger partial charge in [-0.15, -0.1) is 0 Å². The Labute approximate surface area is 92.2 Å². The van der Waals surface area contributed by atoms with E-state index >= 15 is 0 Å². The number of nitrogens with zero attached hydrogens (tertiary/aromatic N) is 1. The fourth-order valence-corrected chi connectivity index (χ4v) is 1.82. The third kappa shape index (κ3) is 5.47. The molecule has 4 heteroatoms. The van der Waals surface area contributed by atoms with Crippen molar-refractivity contribution in [2.45, 2.75) is 25.9 Å². The first-order valence-electron chi connectivity index (χ1n) is 5.89. The lowest BCUT2D eigenvalue weighted by Crippen LogP contribution is -2.34. The van der Waals surface area contributed by atoms with Gasteiger partial charge in [0.15, 0.2) is 0 Å². The number of aliphatic hydroxyl groups excluding tert-OH is 1. The van der Waals surface area contributed by atoms with Gasteiger partial charge in [0.2, 0.25) is 0 Å². The number of hydrogen-bond acceptors (Lipinski definition) is 4. The van der Waals surface area contributed by atoms with Crippen molar-refractivity contribution in [2.24, 2.45) is 0 Å². The molecule has 4 nitrogen and oxygen atoms in total. The van der Waals surface area contributed by atoms with Gasteiger partial charge in [0.05, 0.1) is 25.9 Å². The van der Waals surface area contributed by atoms with Crippen LogP contribution in [-0.2, 0) is 9.47 Å². The molecule has 0 spiro atoms. The summed E-state index contributed by atoms with van der Waals surface area (Å²) in [6.07, 6.45) is 2.81. The van der Waals surface area contributed by atoms with Crippen LogP contribution < -0.4 is 0 Å². The quantitative estimate of drug-likeness (QED) is 0.601. The van der Waals surface area contributed by atoms with Crippen molar-refractivity contribution in [3.05, 3.63) is 0 Å². The van der Waals surface area contributed by atoms with Gasteiger partial charge in [0.25, 0.3) is 0 Å². The molecule has 0 saturated carbocycles. The standard InChI is InChI=1S/C11H23NO3/c1-2-12(5-8-14-9-6-13)10-11-4-3-7-15-11/h11,13H,2-10H2,1H3. The molecule has 0 radical (unpaired) electrons. The zero-order valence-corrected chi connectivity index (χ0v) is 9.65. The average Bonchev–Trinajstić information content (AvgIpc) is 2.75. The molecule has 0 aromatic heterocycles. The monoisotopic (exact) mass is 217 g/mol. The van der Waals surface area contributed by atoms with Crippen LogP contribution in [0, 0.1) is 0 Å². The van der Waals surface area contributed by atoms with E-state index in [1.165, 1.54) is 12.8 Å². The lowest BCUT2D eigenvalue weighted by atomic mass is 10.2. The topological polar surface area (TPSA) is 41.9 Å². The summed E-state index contributed by atoms with van der Waals surface area (Å²) in [5.41, 5.74) is 0. The summed E-state index contributed by atoms with van der Waals surface area (Å²) >= 11 is 0. The van der Waals surface area contributed by atoms with Crippen LogP contribution in [0.15, 0.2) is 0 Å². The van der Waals surface area contributed by atoms with Crippen molar-refractivity contribution in [1.29, 1.82) is 0 Å². The molecular weight excluding hydrogens is 194 g/mol. The van der Waals surface area contributed by atoms with E-state index in [2.05, 4.69) is 11.8 Å². The Kier molecular flexibility index (Phi) is 6.92. The molecule has 15 heavy (non-hydrogen) atoms. The fourth-order valence-electron chi connectivity index (χ4n) is 1.82. The maximum absolute atomic E-state index is 8.56. The minimum atomic E-state index is 0.109. The van der Waals surface area contributed by atoms with Crippen molar-refractivity contribution >= 4 is 0 Å². The highest BCUT2D eigenvalue weighted by Gasteiger charge is 2.17. The van der Waals surface area contributed by atoms with E-state index in [1.54, 1.807) is 0 Å². The highest BCUT2D eigenvalue weighted by Crippen LogP contribution is 2.12. The van der Waals surface area contributed by atoms with Gasteiger partial charge in [-0.2, -0.15) is 0 Å². The van der Waals surface area contributed by atoms with Crippen LogP contribution in [0.2, 0.25) is 0 Å². The summed E-state index contributed by atoms with van der Waals surface area (Å²) < 4.78 is 10.8. The molecule has 1 heterocycles. The van der Waals surface area contributed by atoms with E-state index < -0.39 is 0 Å². The van der Waals surface area contributed by atoms with Crippen LogP contribution in [0.1, 0.15) is 19.8 Å². The Balaban J connectivity index is 2.06. The number of hydrogen-bond donors (Lipinski definition) is 1. The minimum Gasteiger partial charge on any atom is -0.394 e. The highest BCUT2D eigenvalue weighted by molar-refractivity contribution is 4.69. The van der Waals surface area contributed by atoms with E-state index in [1.807, 2.05) is 0 Å². The molecule has 1 fully saturated rings. The molecule has 0 bridgehead atoms. The first kappa shape index (κ1) is 12.9. The predicted molar refractivity (Wildman–Crippen MR) is 59.0 cm³/mol. The van der Waals surface area contributed by atoms with Gasteiger partial charge < -0.3 is 14.6 Å². The molecule has 1 unspecified atom stereocenters. The van der Waals surface area contributed by atoms with Gasteiger partial charge >= 0.3 is 0 Å². The zero-order chi connectivity index (χ0) is 10.9. The van der Waals surface area contributed by atoms with Gasteiger partial charge in [0, 0.05) is 19.7 Å². The largest absolute Gasteiger partial charge is 0.394 e. The van der Waals surface area contributed by atoms with Crippen LogP contribution in [0.25, 0.3) is 0 Å². The van der Waals surface area contributed by atoms with E-state index in [0.717, 1.165) is 26.2 Å². The smallest absolute Gasteiger partial charge is 0.0702 e. The number of likely N-dealkylation sites (N-methyl/N-ethyl adjacent to an activating group) is 1. The Bertz CT molecular complexity index is 149. The third-order valence-electron chi connectivity index (χ3n) is 2.72. The second kappa shape index (κ2) is 8.05. The Morgan fingerprint density at radius 2 is 2.33 bits per heavy atom. The maximum atomic E-state index is 8.56. The van der Waals surface area contributed by atoms with Gasteiger partial charge in [-0.3, -0.25) is 4.90 Å². The molecule has 0 aromatic rings. The number of ether oxygens (including phenoxy) is 2. The Morgan fingerprint density at radius 3 is 2.93 bits per heavy atom. The molecule has 0 aliphatic carbocycles. The normalized spacial score (nSPS) is 21.4. The van der Waals surface area contributed by atoms with E-state index in [4.69, 9.17) is 14.6 Å². The summed E-state index contributed by atoms with van der Waals surface area (Å²) in [5, 5.41) is 8.56. The molecule has 90 valence electrons. The van der Waals surface area contributed by atoms with Crippen LogP contribution >= 0.6 is 0 Å². The summed E-state index contributed by atoms with van der Waals surface area (Å²) in [5.74, 6) is 0. The molecule has 1 rings (SSSR count). The summed E-state index contributed by atoms with van der Waals surface area (Å²) in [6.45, 7) is 7.29. The van der Waals surface area contributed by atoms with E-state index in [-0.39, 0.29) is 6.61 Å². The van der Waals surface area contributed by atoms with Gasteiger partial charge in [-0.05, 0) is 19.4 Å². The van der Waals surface area contributed by atoms with E-state index in [0.29, 0.717) is 19.3 Å². The Hall–Kier alpha value is -0.160. The van der Waals surface area contributed by atoms with Crippen molar-refractivity contribution in [3.63, 3.8) is 0 Å². The van der Waals surface area contributed by atoms with Crippen LogP contribution in [-0.4, -0.2) is 62.2 Å². The molecule has 1 aliphatic rings. The van der Waals surface area contributed by atoms with Gasteiger partial charge in [-0.1, -0.05) is 6.92 Å². The first-order valence-corrected chi connectivity index (χ1v) is 5.89. The van der Waals surface area contributed by atoms with Crippen LogP contribution in [0.5, 0.6) is 0 Å². The minimum absolute atomic E-state index is 0.109. The molecule has 1 aliphatic heterocycles. The van der Waals surface area contributed by atoms with Crippen LogP contribution in [0.4, 0.5) is 0 Å². The second-order valence-corrected chi connectivity index (χ2v) is 3.86. The SMILES string of the molecule is CCN(CCOCCO)CC1CCCO1. The average molecular weight is 217 g/mol. The predicted octanol–water partition coefficient (Wildman–Crippen LogP) is 0.496. The van der Waals surface area contributed by atoms with Crippen molar-refractivity contribution in [1.82, 2.24) is 4.90 Å². The van der Waals surface area contributed by atoms with Gasteiger partial charge in [-0.25, -0.2) is 0 Å². The van der Waals surface area contributed by atoms with Crippen molar-refractivity contribution < 1.29 is 14.6 Å². The third-order valence-corrected chi connectivity index (χ3v) is 2.72. The van der Waals surface area contributed by atoms with Gasteiger partial charge in [0.1, 0.15) is 0 Å². The second-order valence-electron chi connectivity index (χ2n) is 3.86. The summed E-state index contributed by atoms with van der Waals surface area (Å²) in [6, 6.07) is 0. The molecule has 1 saturated heterocycles. The lowest BCUT2D eigenvalue weighted by molar-refractivity contribution is 0.0466. The first-order chi connectivity index (χ1) is 7.36. The van der Waals surface area contributed by atoms with E-state index in [9.17, 15) is 0 Å². The summed E-state index contributed by atoms with van der Waals surface area (Å²) in [4.78, 5) is 2.34. The number of rotatable bonds is 8. The van der Waals surface area contributed by atoms with Crippen LogP contribution in [0.3, 0.4) is 0 Å². The molecular formula is C11H23NO3. The summed E-state index contributed by atoms with van der Waals surface area (Å²) in [7, 11) is 0. The lowest BCUT2D eigenvalue weighted by Gasteiger charge is -2.23. The maximum Gasteiger partial charge on any atom is 0.0702 e. The molecule has 0 aromatic carbocycles. The molecule has 1 N–H and O–H groups in total. The fraction of sp³-hybridized carbons (Fsp3) is 1.00. The number of aliphatic hydroxyl groups is 1.